The molecule has 1 amide bonds. The highest BCUT2D eigenvalue weighted by atomic mass is 32.1. The highest BCUT2D eigenvalue weighted by Gasteiger charge is 2.30. The average Bonchev–Trinajstić information content (AvgIpc) is 3.10. The third kappa shape index (κ3) is 4.95. The lowest BCUT2D eigenvalue weighted by molar-refractivity contribution is -0.137. The molecule has 2 heterocycles. The number of carbonyl (C=O) groups excluding carboxylic acids is 1. The van der Waals surface area contributed by atoms with Crippen molar-refractivity contribution in [1.82, 2.24) is 15.0 Å². The fourth-order valence-electron chi connectivity index (χ4n) is 2.71. The smallest absolute Gasteiger partial charge is 0.416 e. The number of hydrogen-bond donors (Lipinski definition) is 1. The summed E-state index contributed by atoms with van der Waals surface area (Å²) in [4.78, 5) is 23.8. The van der Waals surface area contributed by atoms with Crippen molar-refractivity contribution in [3.05, 3.63) is 60.4 Å². The van der Waals surface area contributed by atoms with Gasteiger partial charge in [-0.05, 0) is 24.3 Å². The van der Waals surface area contributed by atoms with E-state index in [0.717, 1.165) is 16.8 Å². The van der Waals surface area contributed by atoms with Gasteiger partial charge in [0.1, 0.15) is 11.8 Å². The number of ether oxygens (including phenoxy) is 1. The molecule has 0 atom stereocenters. The van der Waals surface area contributed by atoms with Crippen molar-refractivity contribution in [3.63, 3.8) is 0 Å². The van der Waals surface area contributed by atoms with Crippen molar-refractivity contribution >= 4 is 32.6 Å². The second-order valence-electron chi connectivity index (χ2n) is 6.22. The van der Waals surface area contributed by atoms with Gasteiger partial charge >= 0.3 is 6.18 Å². The van der Waals surface area contributed by atoms with Gasteiger partial charge in [-0.1, -0.05) is 29.5 Å². The molecule has 0 saturated carbocycles. The highest BCUT2D eigenvalue weighted by Crippen LogP contribution is 2.35. The summed E-state index contributed by atoms with van der Waals surface area (Å²) in [7, 11) is 0. The van der Waals surface area contributed by atoms with Crippen LogP contribution >= 0.6 is 11.3 Å². The molecule has 4 rings (SSSR count). The molecule has 0 saturated heterocycles. The molecular weight excluding hydrogens is 433 g/mol. The fourth-order valence-corrected chi connectivity index (χ4v) is 3.63. The number of carbonyl (C=O) groups is 1. The number of benzene rings is 2. The molecule has 160 valence electrons. The highest BCUT2D eigenvalue weighted by molar-refractivity contribution is 7.22. The monoisotopic (exact) mass is 448 g/mol. The van der Waals surface area contributed by atoms with E-state index in [2.05, 4.69) is 20.3 Å². The number of nitrogens with zero attached hydrogens (tertiary/aromatic N) is 3. The number of halogens is 3. The number of amides is 1. The molecule has 31 heavy (non-hydrogen) atoms. The van der Waals surface area contributed by atoms with E-state index >= 15 is 0 Å². The van der Waals surface area contributed by atoms with E-state index < -0.39 is 11.7 Å². The topological polar surface area (TPSA) is 108 Å². The van der Waals surface area contributed by atoms with Crippen molar-refractivity contribution in [2.24, 2.45) is 0 Å². The summed E-state index contributed by atoms with van der Waals surface area (Å²) in [6.45, 7) is 1.40. The minimum atomic E-state index is -4.40. The molecule has 11 heteroatoms. The summed E-state index contributed by atoms with van der Waals surface area (Å²) in [6, 6.07) is 11.5. The average molecular weight is 448 g/mol. The minimum Gasteiger partial charge on any atom is -0.437 e. The Labute approximate surface area is 177 Å². The summed E-state index contributed by atoms with van der Waals surface area (Å²) < 4.78 is 44.9. The van der Waals surface area contributed by atoms with E-state index in [1.54, 1.807) is 12.1 Å². The van der Waals surface area contributed by atoms with Gasteiger partial charge in [-0.15, -0.1) is 0 Å². The van der Waals surface area contributed by atoms with Gasteiger partial charge in [0, 0.05) is 18.6 Å². The first-order chi connectivity index (χ1) is 14.3. The Morgan fingerprint density at radius 1 is 1.10 bits per heavy atom. The molecule has 4 aromatic rings. The summed E-state index contributed by atoms with van der Waals surface area (Å²) in [5.41, 5.74) is 0.732. The Morgan fingerprint density at radius 3 is 2.52 bits per heavy atom. The van der Waals surface area contributed by atoms with Gasteiger partial charge in [-0.3, -0.25) is 4.79 Å². The van der Waals surface area contributed by atoms with Crippen LogP contribution in [0.5, 0.6) is 11.6 Å². The molecule has 0 fully saturated rings. The second kappa shape index (κ2) is 8.66. The van der Waals surface area contributed by atoms with Crippen molar-refractivity contribution in [2.45, 2.75) is 13.1 Å². The Balaban J connectivity index is 0.00000272. The van der Waals surface area contributed by atoms with Crippen molar-refractivity contribution < 1.29 is 28.2 Å². The van der Waals surface area contributed by atoms with E-state index in [1.807, 2.05) is 6.07 Å². The van der Waals surface area contributed by atoms with Crippen LogP contribution in [0.3, 0.4) is 0 Å². The lowest BCUT2D eigenvalue weighted by Gasteiger charge is -2.09. The summed E-state index contributed by atoms with van der Waals surface area (Å²) in [5.74, 6) is 0.410. The van der Waals surface area contributed by atoms with Crippen LogP contribution < -0.4 is 10.1 Å². The van der Waals surface area contributed by atoms with Crippen LogP contribution in [0.4, 0.5) is 18.3 Å². The number of thiazole rings is 1. The predicted molar refractivity (Wildman–Crippen MR) is 110 cm³/mol. The maximum atomic E-state index is 12.8. The summed E-state index contributed by atoms with van der Waals surface area (Å²) in [5, 5.41) is 3.08. The Hall–Kier alpha value is -3.57. The van der Waals surface area contributed by atoms with E-state index in [-0.39, 0.29) is 17.3 Å². The molecule has 0 spiro atoms. The zero-order valence-electron chi connectivity index (χ0n) is 15.9. The third-order valence-corrected chi connectivity index (χ3v) is 4.97. The molecule has 3 N–H and O–H groups in total. The first-order valence-corrected chi connectivity index (χ1v) is 9.46. The third-order valence-electron chi connectivity index (χ3n) is 4.03. The number of nitrogens with one attached hydrogen (secondary N) is 1. The van der Waals surface area contributed by atoms with Crippen LogP contribution in [-0.2, 0) is 11.0 Å². The normalized spacial score (nSPS) is 11.1. The Bertz CT molecular complexity index is 1230. The van der Waals surface area contributed by atoms with Crippen LogP contribution in [0.1, 0.15) is 12.5 Å². The number of anilines is 1. The molecule has 0 aliphatic carbocycles. The first-order valence-electron chi connectivity index (χ1n) is 8.64. The van der Waals surface area contributed by atoms with Crippen LogP contribution in [0.25, 0.3) is 21.5 Å². The van der Waals surface area contributed by atoms with Crippen molar-refractivity contribution in [1.29, 1.82) is 0 Å². The molecular formula is C20H15F3N4O3S. The number of para-hydroxylation sites is 1. The quantitative estimate of drug-likeness (QED) is 0.487. The lowest BCUT2D eigenvalue weighted by atomic mass is 10.1. The zero-order chi connectivity index (χ0) is 21.3. The Morgan fingerprint density at radius 2 is 1.84 bits per heavy atom. The van der Waals surface area contributed by atoms with Gasteiger partial charge in [0.05, 0.1) is 16.0 Å². The van der Waals surface area contributed by atoms with Gasteiger partial charge in [0.15, 0.2) is 10.9 Å². The molecule has 0 bridgehead atoms. The molecule has 2 aromatic carbocycles. The van der Waals surface area contributed by atoms with Crippen molar-refractivity contribution in [3.8, 4) is 22.9 Å². The second-order valence-corrected chi connectivity index (χ2v) is 7.25. The maximum Gasteiger partial charge on any atom is 0.416 e. The van der Waals surface area contributed by atoms with Gasteiger partial charge in [0.25, 0.3) is 0 Å². The fraction of sp³-hybridized carbons (Fsp3) is 0.100. The largest absolute Gasteiger partial charge is 0.437 e. The van der Waals surface area contributed by atoms with Gasteiger partial charge in [-0.25, -0.2) is 15.0 Å². The van der Waals surface area contributed by atoms with E-state index in [0.29, 0.717) is 27.7 Å². The number of hydrogen-bond acceptors (Lipinski definition) is 6. The lowest BCUT2D eigenvalue weighted by Crippen LogP contribution is -2.04. The van der Waals surface area contributed by atoms with Gasteiger partial charge in [-0.2, -0.15) is 13.2 Å². The van der Waals surface area contributed by atoms with E-state index in [1.165, 1.54) is 42.8 Å². The van der Waals surface area contributed by atoms with Gasteiger partial charge < -0.3 is 15.5 Å². The maximum absolute atomic E-state index is 12.8. The molecule has 0 unspecified atom stereocenters. The van der Waals surface area contributed by atoms with Crippen molar-refractivity contribution in [2.75, 3.05) is 5.32 Å². The number of alkyl halides is 3. The number of fused-ring (bicyclic) bond motifs is 1. The summed E-state index contributed by atoms with van der Waals surface area (Å²) in [6.07, 6.45) is -3.13. The first kappa shape index (κ1) is 22.1. The Kier molecular flexibility index (Phi) is 6.18. The van der Waals surface area contributed by atoms with Crippen LogP contribution in [0.2, 0.25) is 0 Å². The van der Waals surface area contributed by atoms with Gasteiger partial charge in [0.2, 0.25) is 11.8 Å². The van der Waals surface area contributed by atoms with Crippen LogP contribution in [0.15, 0.2) is 54.9 Å². The number of aromatic nitrogens is 3. The minimum absolute atomic E-state index is 0. The van der Waals surface area contributed by atoms with E-state index in [9.17, 15) is 18.0 Å². The molecule has 2 aromatic heterocycles. The molecule has 0 radical (unpaired) electrons. The predicted octanol–water partition coefficient (Wildman–Crippen LogP) is 4.70. The van der Waals surface area contributed by atoms with E-state index in [4.69, 9.17) is 4.74 Å². The van der Waals surface area contributed by atoms with Crippen LogP contribution in [0, 0.1) is 0 Å². The standard InChI is InChI=1S/C20H13F3N4O2S.H2O/c1-11(28)26-19-27-18-15(3-2-4-16(18)30-19)29-17-9-14(24-10-25-17)12-5-7-13(8-6-12)20(21,22)23;/h2-10H,1H3,(H,26,27,28);1H2. The molecule has 0 aliphatic rings. The number of rotatable bonds is 4. The SMILES string of the molecule is CC(=O)Nc1nc2c(Oc3cc(-c4ccc(C(F)(F)F)cc4)ncn3)cccc2s1.O. The molecule has 7 nitrogen and oxygen atoms in total. The zero-order valence-corrected chi connectivity index (χ0v) is 16.7. The molecule has 0 aliphatic heterocycles. The summed E-state index contributed by atoms with van der Waals surface area (Å²) >= 11 is 1.31. The van der Waals surface area contributed by atoms with Crippen LogP contribution in [-0.4, -0.2) is 26.3 Å².